The first-order valence-electron chi connectivity index (χ1n) is 9.60. The number of carbonyl (C=O) groups is 2. The van der Waals surface area contributed by atoms with Crippen molar-refractivity contribution in [2.75, 3.05) is 11.9 Å². The topological polar surface area (TPSA) is 90.3 Å². The number of anilines is 1. The Morgan fingerprint density at radius 3 is 2.69 bits per heavy atom. The molecule has 1 aliphatic carbocycles. The molecule has 0 fully saturated rings. The molecule has 0 bridgehead atoms. The molecule has 8 heteroatoms. The summed E-state index contributed by atoms with van der Waals surface area (Å²) in [6.45, 7) is 2.03. The van der Waals surface area contributed by atoms with Gasteiger partial charge in [-0.3, -0.25) is 9.59 Å². The number of thiophene rings is 1. The maximum Gasteiger partial charge on any atom is 0.341 e. The van der Waals surface area contributed by atoms with Gasteiger partial charge in [0.25, 0.3) is 11.5 Å². The minimum Gasteiger partial charge on any atom is -0.462 e. The third-order valence-corrected chi connectivity index (χ3v) is 6.26. The lowest BCUT2D eigenvalue weighted by molar-refractivity contribution is 0.0526. The molecule has 0 unspecified atom stereocenters. The van der Waals surface area contributed by atoms with E-state index >= 15 is 0 Å². The SMILES string of the molecule is CCOC(=O)c1c(NC(=O)c2nn(C)c(=O)c3ccccc23)sc2c1CCCC2. The summed E-state index contributed by atoms with van der Waals surface area (Å²) in [7, 11) is 1.51. The molecule has 2 heterocycles. The van der Waals surface area contributed by atoms with Crippen LogP contribution in [0.5, 0.6) is 0 Å². The molecule has 0 atom stereocenters. The van der Waals surface area contributed by atoms with Crippen molar-refractivity contribution in [1.29, 1.82) is 0 Å². The van der Waals surface area contributed by atoms with E-state index in [0.29, 0.717) is 21.3 Å². The average Bonchev–Trinajstić information content (AvgIpc) is 3.08. The highest BCUT2D eigenvalue weighted by Gasteiger charge is 2.28. The molecule has 2 aromatic heterocycles. The van der Waals surface area contributed by atoms with Gasteiger partial charge in [0.1, 0.15) is 5.00 Å². The van der Waals surface area contributed by atoms with Crippen LogP contribution in [0.25, 0.3) is 10.8 Å². The van der Waals surface area contributed by atoms with Crippen LogP contribution in [0.3, 0.4) is 0 Å². The highest BCUT2D eigenvalue weighted by molar-refractivity contribution is 7.17. The van der Waals surface area contributed by atoms with Gasteiger partial charge in [-0.05, 0) is 44.2 Å². The molecule has 29 heavy (non-hydrogen) atoms. The number of benzene rings is 1. The molecule has 0 spiro atoms. The molecule has 0 saturated heterocycles. The van der Waals surface area contributed by atoms with Crippen molar-refractivity contribution in [2.45, 2.75) is 32.6 Å². The number of hydrogen-bond donors (Lipinski definition) is 1. The Kier molecular flexibility index (Phi) is 5.19. The number of aromatic nitrogens is 2. The molecule has 0 aliphatic heterocycles. The number of aryl methyl sites for hydroxylation is 2. The van der Waals surface area contributed by atoms with Gasteiger partial charge in [0.15, 0.2) is 5.69 Å². The highest BCUT2D eigenvalue weighted by atomic mass is 32.1. The zero-order valence-electron chi connectivity index (χ0n) is 16.3. The normalized spacial score (nSPS) is 13.2. The Balaban J connectivity index is 1.77. The van der Waals surface area contributed by atoms with Crippen molar-refractivity contribution >= 4 is 39.0 Å². The van der Waals surface area contributed by atoms with Gasteiger partial charge in [0, 0.05) is 17.3 Å². The molecular weight excluding hydrogens is 390 g/mol. The van der Waals surface area contributed by atoms with Crippen LogP contribution < -0.4 is 10.9 Å². The van der Waals surface area contributed by atoms with Gasteiger partial charge in [0.05, 0.1) is 17.6 Å². The monoisotopic (exact) mass is 411 g/mol. The van der Waals surface area contributed by atoms with E-state index in [0.717, 1.165) is 40.8 Å². The molecular formula is C21H21N3O4S. The van der Waals surface area contributed by atoms with E-state index < -0.39 is 11.9 Å². The van der Waals surface area contributed by atoms with E-state index in [9.17, 15) is 14.4 Å². The van der Waals surface area contributed by atoms with Crippen LogP contribution >= 0.6 is 11.3 Å². The fourth-order valence-corrected chi connectivity index (χ4v) is 4.98. The van der Waals surface area contributed by atoms with Crippen molar-refractivity contribution in [3.8, 4) is 0 Å². The van der Waals surface area contributed by atoms with Crippen molar-refractivity contribution in [3.63, 3.8) is 0 Å². The summed E-state index contributed by atoms with van der Waals surface area (Å²) in [6, 6.07) is 6.88. The first-order chi connectivity index (χ1) is 14.0. The number of amides is 1. The van der Waals surface area contributed by atoms with Crippen LogP contribution in [0.4, 0.5) is 5.00 Å². The predicted molar refractivity (Wildman–Crippen MR) is 112 cm³/mol. The standard InChI is InChI=1S/C21H21N3O4S/c1-3-28-21(27)16-14-10-6-7-11-15(14)29-19(16)22-18(25)17-12-8-4-5-9-13(12)20(26)24(2)23-17/h4-5,8-9H,3,6-7,10-11H2,1-2H3,(H,22,25). The largest absolute Gasteiger partial charge is 0.462 e. The highest BCUT2D eigenvalue weighted by Crippen LogP contribution is 2.38. The van der Waals surface area contributed by atoms with E-state index in [1.165, 1.54) is 18.4 Å². The Morgan fingerprint density at radius 2 is 1.93 bits per heavy atom. The average molecular weight is 411 g/mol. The number of ether oxygens (including phenoxy) is 1. The van der Waals surface area contributed by atoms with Gasteiger partial charge in [-0.25, -0.2) is 9.48 Å². The Bertz CT molecular complexity index is 1180. The van der Waals surface area contributed by atoms with Crippen molar-refractivity contribution < 1.29 is 14.3 Å². The van der Waals surface area contributed by atoms with Gasteiger partial charge in [-0.15, -0.1) is 11.3 Å². The van der Waals surface area contributed by atoms with Crippen LogP contribution in [-0.4, -0.2) is 28.3 Å². The second-order valence-electron chi connectivity index (χ2n) is 6.91. The molecule has 0 radical (unpaired) electrons. The van der Waals surface area contributed by atoms with Gasteiger partial charge >= 0.3 is 5.97 Å². The van der Waals surface area contributed by atoms with Crippen molar-refractivity contribution in [1.82, 2.24) is 9.78 Å². The van der Waals surface area contributed by atoms with E-state index in [4.69, 9.17) is 4.74 Å². The summed E-state index contributed by atoms with van der Waals surface area (Å²) in [6.07, 6.45) is 3.77. The Labute approximate surface area is 171 Å². The van der Waals surface area contributed by atoms with Gasteiger partial charge in [-0.1, -0.05) is 18.2 Å². The van der Waals surface area contributed by atoms with E-state index in [2.05, 4.69) is 10.4 Å². The van der Waals surface area contributed by atoms with Gasteiger partial charge in [0.2, 0.25) is 0 Å². The number of rotatable bonds is 4. The summed E-state index contributed by atoms with van der Waals surface area (Å²) in [5.41, 5.74) is 1.31. The van der Waals surface area contributed by atoms with Gasteiger partial charge in [-0.2, -0.15) is 5.10 Å². The Morgan fingerprint density at radius 1 is 1.21 bits per heavy atom. The summed E-state index contributed by atoms with van der Waals surface area (Å²) in [4.78, 5) is 39.1. The summed E-state index contributed by atoms with van der Waals surface area (Å²) >= 11 is 1.42. The van der Waals surface area contributed by atoms with Crippen LogP contribution in [0, 0.1) is 0 Å². The zero-order chi connectivity index (χ0) is 20.5. The number of nitrogens with one attached hydrogen (secondary N) is 1. The van der Waals surface area contributed by atoms with Crippen molar-refractivity contribution in [3.05, 3.63) is 56.3 Å². The lowest BCUT2D eigenvalue weighted by Crippen LogP contribution is -2.25. The molecule has 3 aromatic rings. The number of esters is 1. The first kappa shape index (κ1) is 19.3. The second kappa shape index (κ2) is 7.79. The number of hydrogen-bond acceptors (Lipinski definition) is 6. The lowest BCUT2D eigenvalue weighted by Gasteiger charge is -2.12. The van der Waals surface area contributed by atoms with Crippen LogP contribution in [0.1, 0.15) is 51.1 Å². The summed E-state index contributed by atoms with van der Waals surface area (Å²) in [5, 5.41) is 8.42. The third-order valence-electron chi connectivity index (χ3n) is 5.05. The number of nitrogens with zero attached hydrogens (tertiary/aromatic N) is 2. The fraction of sp³-hybridized carbons (Fsp3) is 0.333. The predicted octanol–water partition coefficient (Wildman–Crippen LogP) is 3.30. The molecule has 1 N–H and O–H groups in total. The van der Waals surface area contributed by atoms with Gasteiger partial charge < -0.3 is 10.1 Å². The minimum atomic E-state index is -0.457. The molecule has 1 amide bonds. The minimum absolute atomic E-state index is 0.142. The third kappa shape index (κ3) is 3.44. The maximum absolute atomic E-state index is 13.1. The van der Waals surface area contributed by atoms with E-state index in [1.807, 2.05) is 0 Å². The molecule has 1 aromatic carbocycles. The molecule has 150 valence electrons. The van der Waals surface area contributed by atoms with Crippen LogP contribution in [-0.2, 0) is 24.6 Å². The van der Waals surface area contributed by atoms with E-state index in [-0.39, 0.29) is 17.9 Å². The van der Waals surface area contributed by atoms with E-state index in [1.54, 1.807) is 31.2 Å². The molecule has 7 nitrogen and oxygen atoms in total. The second-order valence-corrected chi connectivity index (χ2v) is 8.02. The number of carbonyl (C=O) groups excluding carboxylic acids is 2. The number of fused-ring (bicyclic) bond motifs is 2. The lowest BCUT2D eigenvalue weighted by atomic mass is 9.95. The quantitative estimate of drug-likeness (QED) is 0.665. The maximum atomic E-state index is 13.1. The summed E-state index contributed by atoms with van der Waals surface area (Å²) < 4.78 is 6.40. The molecule has 0 saturated carbocycles. The first-order valence-corrected chi connectivity index (χ1v) is 10.4. The Hall–Kier alpha value is -3.00. The fourth-order valence-electron chi connectivity index (χ4n) is 3.70. The molecule has 4 rings (SSSR count). The smallest absolute Gasteiger partial charge is 0.341 e. The van der Waals surface area contributed by atoms with Crippen LogP contribution in [0.2, 0.25) is 0 Å². The van der Waals surface area contributed by atoms with Crippen LogP contribution in [0.15, 0.2) is 29.1 Å². The summed E-state index contributed by atoms with van der Waals surface area (Å²) in [5.74, 6) is -0.874. The van der Waals surface area contributed by atoms with Crippen molar-refractivity contribution in [2.24, 2.45) is 7.05 Å². The molecule has 1 aliphatic rings. The zero-order valence-corrected chi connectivity index (χ0v) is 17.1.